The van der Waals surface area contributed by atoms with Crippen molar-refractivity contribution in [1.82, 2.24) is 14.9 Å². The first-order valence-electron chi connectivity index (χ1n) is 8.08. The molecule has 0 radical (unpaired) electrons. The first kappa shape index (κ1) is 10.9. The molecule has 1 N–H and O–H groups in total. The molecule has 1 aliphatic heterocycles. The standard InChI is InChI=1S/C16H23N3/c1-2-19-14(9-18-15(19)10-17-1)16-6-11-3-12(7-16)5-13(4-11)8-16/h9,11-13,17H,1-8,10H2. The van der Waals surface area contributed by atoms with Gasteiger partial charge >= 0.3 is 0 Å². The van der Waals surface area contributed by atoms with Crippen molar-refractivity contribution in [2.75, 3.05) is 6.54 Å². The molecule has 3 nitrogen and oxygen atoms in total. The number of aromatic nitrogens is 2. The van der Waals surface area contributed by atoms with E-state index in [0.717, 1.165) is 37.4 Å². The minimum absolute atomic E-state index is 0.511. The van der Waals surface area contributed by atoms with E-state index in [2.05, 4.69) is 16.1 Å². The first-order valence-corrected chi connectivity index (χ1v) is 8.08. The van der Waals surface area contributed by atoms with Crippen molar-refractivity contribution >= 4 is 0 Å². The summed E-state index contributed by atoms with van der Waals surface area (Å²) in [7, 11) is 0. The van der Waals surface area contributed by atoms with Gasteiger partial charge in [0.25, 0.3) is 0 Å². The number of nitrogens with one attached hydrogen (secondary N) is 1. The second-order valence-electron chi connectivity index (χ2n) is 7.59. The largest absolute Gasteiger partial charge is 0.329 e. The number of hydrogen-bond donors (Lipinski definition) is 1. The lowest BCUT2D eigenvalue weighted by Gasteiger charge is -2.57. The van der Waals surface area contributed by atoms with E-state index in [1.807, 2.05) is 0 Å². The molecule has 5 aliphatic rings. The van der Waals surface area contributed by atoms with E-state index < -0.39 is 0 Å². The molecule has 0 amide bonds. The summed E-state index contributed by atoms with van der Waals surface area (Å²) in [5.41, 5.74) is 2.11. The summed E-state index contributed by atoms with van der Waals surface area (Å²) in [6, 6.07) is 0. The zero-order valence-corrected chi connectivity index (χ0v) is 11.6. The molecule has 4 aliphatic carbocycles. The predicted molar refractivity (Wildman–Crippen MR) is 73.8 cm³/mol. The summed E-state index contributed by atoms with van der Waals surface area (Å²) in [4.78, 5) is 4.71. The van der Waals surface area contributed by atoms with Gasteiger partial charge in [0.1, 0.15) is 5.82 Å². The molecule has 102 valence electrons. The highest BCUT2D eigenvalue weighted by Crippen LogP contribution is 2.60. The van der Waals surface area contributed by atoms with Crippen LogP contribution in [-0.2, 0) is 18.5 Å². The van der Waals surface area contributed by atoms with Crippen LogP contribution in [-0.4, -0.2) is 16.1 Å². The average molecular weight is 257 g/mol. The van der Waals surface area contributed by atoms with Gasteiger partial charge in [0.15, 0.2) is 0 Å². The summed E-state index contributed by atoms with van der Waals surface area (Å²) >= 11 is 0. The second kappa shape index (κ2) is 3.63. The second-order valence-corrected chi connectivity index (χ2v) is 7.59. The van der Waals surface area contributed by atoms with Crippen molar-refractivity contribution in [1.29, 1.82) is 0 Å². The topological polar surface area (TPSA) is 29.9 Å². The molecule has 4 bridgehead atoms. The van der Waals surface area contributed by atoms with Crippen molar-refractivity contribution in [2.24, 2.45) is 17.8 Å². The van der Waals surface area contributed by atoms with E-state index in [1.54, 1.807) is 5.69 Å². The molecule has 19 heavy (non-hydrogen) atoms. The number of hydrogen-bond acceptors (Lipinski definition) is 2. The summed E-state index contributed by atoms with van der Waals surface area (Å²) in [6.45, 7) is 3.21. The van der Waals surface area contributed by atoms with Crippen molar-refractivity contribution < 1.29 is 0 Å². The van der Waals surface area contributed by atoms with E-state index in [0.29, 0.717) is 5.41 Å². The molecule has 0 atom stereocenters. The molecular formula is C16H23N3. The van der Waals surface area contributed by atoms with Gasteiger partial charge in [-0.05, 0) is 56.3 Å². The monoisotopic (exact) mass is 257 g/mol. The van der Waals surface area contributed by atoms with Gasteiger partial charge in [-0.2, -0.15) is 0 Å². The normalized spacial score (nSPS) is 43.5. The molecule has 0 spiro atoms. The molecule has 2 heterocycles. The molecular weight excluding hydrogens is 234 g/mol. The van der Waals surface area contributed by atoms with Crippen LogP contribution in [0.2, 0.25) is 0 Å². The van der Waals surface area contributed by atoms with Gasteiger partial charge in [-0.3, -0.25) is 0 Å². The molecule has 3 heteroatoms. The van der Waals surface area contributed by atoms with Crippen LogP contribution in [0.5, 0.6) is 0 Å². The number of fused-ring (bicyclic) bond motifs is 1. The lowest BCUT2D eigenvalue weighted by molar-refractivity contribution is -0.00906. The lowest BCUT2D eigenvalue weighted by atomic mass is 9.49. The van der Waals surface area contributed by atoms with E-state index in [9.17, 15) is 0 Å². The highest BCUT2D eigenvalue weighted by Gasteiger charge is 2.53. The zero-order chi connectivity index (χ0) is 12.4. The van der Waals surface area contributed by atoms with Crippen molar-refractivity contribution in [3.8, 4) is 0 Å². The number of rotatable bonds is 1. The highest BCUT2D eigenvalue weighted by molar-refractivity contribution is 5.24. The van der Waals surface area contributed by atoms with Gasteiger partial charge in [0.05, 0.1) is 6.54 Å². The van der Waals surface area contributed by atoms with Crippen LogP contribution in [0.4, 0.5) is 0 Å². The molecule has 4 fully saturated rings. The van der Waals surface area contributed by atoms with E-state index in [4.69, 9.17) is 4.98 Å². The minimum Gasteiger partial charge on any atom is -0.329 e. The van der Waals surface area contributed by atoms with Crippen molar-refractivity contribution in [3.63, 3.8) is 0 Å². The third kappa shape index (κ3) is 1.45. The molecule has 1 aromatic rings. The fraction of sp³-hybridized carbons (Fsp3) is 0.812. The Kier molecular flexibility index (Phi) is 2.08. The highest BCUT2D eigenvalue weighted by atomic mass is 15.2. The van der Waals surface area contributed by atoms with Crippen LogP contribution in [0.25, 0.3) is 0 Å². The molecule has 6 rings (SSSR count). The smallest absolute Gasteiger partial charge is 0.122 e. The van der Waals surface area contributed by atoms with Crippen molar-refractivity contribution in [2.45, 2.75) is 57.0 Å². The van der Waals surface area contributed by atoms with E-state index in [1.165, 1.54) is 44.3 Å². The molecule has 4 saturated carbocycles. The predicted octanol–water partition coefficient (Wildman–Crippen LogP) is 2.45. The third-order valence-corrected chi connectivity index (χ3v) is 6.32. The summed E-state index contributed by atoms with van der Waals surface area (Å²) in [5, 5.41) is 3.44. The third-order valence-electron chi connectivity index (χ3n) is 6.32. The summed E-state index contributed by atoms with van der Waals surface area (Å²) < 4.78 is 2.56. The van der Waals surface area contributed by atoms with Crippen LogP contribution in [0.15, 0.2) is 6.20 Å². The van der Waals surface area contributed by atoms with Crippen LogP contribution in [0.3, 0.4) is 0 Å². The molecule has 1 aromatic heterocycles. The van der Waals surface area contributed by atoms with Crippen LogP contribution in [0, 0.1) is 17.8 Å². The lowest BCUT2D eigenvalue weighted by Crippen LogP contribution is -2.49. The van der Waals surface area contributed by atoms with E-state index >= 15 is 0 Å². The Bertz CT molecular complexity index is 481. The molecule has 0 unspecified atom stereocenters. The Morgan fingerprint density at radius 3 is 2.47 bits per heavy atom. The Balaban J connectivity index is 1.60. The quantitative estimate of drug-likeness (QED) is 0.837. The maximum absolute atomic E-state index is 4.71. The fourth-order valence-electron chi connectivity index (χ4n) is 6.04. The van der Waals surface area contributed by atoms with E-state index in [-0.39, 0.29) is 0 Å². The Hall–Kier alpha value is -0.830. The van der Waals surface area contributed by atoms with Crippen LogP contribution >= 0.6 is 0 Å². The molecule has 0 saturated heterocycles. The van der Waals surface area contributed by atoms with Crippen LogP contribution < -0.4 is 5.32 Å². The molecule has 0 aromatic carbocycles. The van der Waals surface area contributed by atoms with Gasteiger partial charge in [-0.15, -0.1) is 0 Å². The van der Waals surface area contributed by atoms with Gasteiger partial charge < -0.3 is 9.88 Å². The average Bonchev–Trinajstić information content (AvgIpc) is 2.81. The SMILES string of the molecule is c1nc2n(c1C13CC4CC(CC(C4)C1)C3)CCNC2. The van der Waals surface area contributed by atoms with Gasteiger partial charge in [-0.1, -0.05) is 0 Å². The van der Waals surface area contributed by atoms with Crippen molar-refractivity contribution in [3.05, 3.63) is 17.7 Å². The van der Waals surface area contributed by atoms with Gasteiger partial charge in [0.2, 0.25) is 0 Å². The number of imidazole rings is 1. The maximum atomic E-state index is 4.71. The Morgan fingerprint density at radius 2 is 1.79 bits per heavy atom. The Morgan fingerprint density at radius 1 is 1.11 bits per heavy atom. The van der Waals surface area contributed by atoms with Gasteiger partial charge in [-0.25, -0.2) is 4.98 Å². The van der Waals surface area contributed by atoms with Crippen LogP contribution in [0.1, 0.15) is 50.0 Å². The zero-order valence-electron chi connectivity index (χ0n) is 11.6. The van der Waals surface area contributed by atoms with Gasteiger partial charge in [0, 0.05) is 30.4 Å². The fourth-order valence-corrected chi connectivity index (χ4v) is 6.04. The summed E-state index contributed by atoms with van der Waals surface area (Å²) in [6.07, 6.45) is 11.2. The first-order chi connectivity index (χ1) is 9.32. The summed E-state index contributed by atoms with van der Waals surface area (Å²) in [5.74, 6) is 4.36. The number of nitrogens with zero attached hydrogens (tertiary/aromatic N) is 2. The maximum Gasteiger partial charge on any atom is 0.122 e. The minimum atomic E-state index is 0.511. The Labute approximate surface area is 114 Å².